The standard InChI is InChI=1S/C22H19BrCl2N6S/c1-14-10-20(28-31(14)11-15-6-8-17(24)9-7-15)26-22(32)27-21-18(23)13-30(29-21)12-16-4-2-3-5-19(16)25/h2-10,13H,11-12H2,1H3,(H2,26,27,28,29,32). The molecule has 2 N–H and O–H groups in total. The third kappa shape index (κ3) is 5.69. The molecule has 0 atom stereocenters. The second kappa shape index (κ2) is 10.0. The van der Waals surface area contributed by atoms with E-state index in [1.165, 1.54) is 0 Å². The van der Waals surface area contributed by atoms with E-state index in [9.17, 15) is 0 Å². The summed E-state index contributed by atoms with van der Waals surface area (Å²) in [6, 6.07) is 17.3. The Balaban J connectivity index is 1.39. The second-order valence-corrected chi connectivity index (χ2v) is 9.26. The molecule has 0 saturated carbocycles. The van der Waals surface area contributed by atoms with Gasteiger partial charge in [0, 0.05) is 28.0 Å². The third-order valence-electron chi connectivity index (χ3n) is 4.71. The first-order valence-electron chi connectivity index (χ1n) is 9.70. The van der Waals surface area contributed by atoms with Crippen LogP contribution in [0.3, 0.4) is 0 Å². The minimum atomic E-state index is 0.393. The molecule has 164 valence electrons. The number of rotatable bonds is 6. The van der Waals surface area contributed by atoms with Gasteiger partial charge in [-0.05, 0) is 64.4 Å². The van der Waals surface area contributed by atoms with Gasteiger partial charge >= 0.3 is 0 Å². The fourth-order valence-electron chi connectivity index (χ4n) is 3.11. The van der Waals surface area contributed by atoms with Gasteiger partial charge in [-0.3, -0.25) is 9.36 Å². The quantitative estimate of drug-likeness (QED) is 0.274. The molecule has 0 aliphatic heterocycles. The molecule has 0 bridgehead atoms. The number of thiocarbonyl (C=S) groups is 1. The Labute approximate surface area is 209 Å². The van der Waals surface area contributed by atoms with E-state index in [1.807, 2.05) is 72.4 Å². The topological polar surface area (TPSA) is 59.7 Å². The molecule has 0 unspecified atom stereocenters. The van der Waals surface area contributed by atoms with Gasteiger partial charge in [0.15, 0.2) is 16.7 Å². The van der Waals surface area contributed by atoms with E-state index >= 15 is 0 Å². The summed E-state index contributed by atoms with van der Waals surface area (Å²) in [5.41, 5.74) is 3.11. The van der Waals surface area contributed by atoms with Gasteiger partial charge in [-0.2, -0.15) is 10.2 Å². The van der Waals surface area contributed by atoms with Crippen molar-refractivity contribution in [3.63, 3.8) is 0 Å². The van der Waals surface area contributed by atoms with Crippen LogP contribution in [0.15, 0.2) is 65.3 Å². The number of halogens is 3. The molecule has 4 aromatic rings. The molecule has 32 heavy (non-hydrogen) atoms. The maximum atomic E-state index is 6.25. The molecule has 0 aliphatic carbocycles. The lowest BCUT2D eigenvalue weighted by molar-refractivity contribution is 0.668. The summed E-state index contributed by atoms with van der Waals surface area (Å²) in [6.07, 6.45) is 1.87. The van der Waals surface area contributed by atoms with E-state index in [4.69, 9.17) is 35.4 Å². The fraction of sp³-hybridized carbons (Fsp3) is 0.136. The monoisotopic (exact) mass is 548 g/mol. The van der Waals surface area contributed by atoms with Crippen LogP contribution in [0.5, 0.6) is 0 Å². The number of nitrogens with zero attached hydrogens (tertiary/aromatic N) is 4. The maximum Gasteiger partial charge on any atom is 0.177 e. The van der Waals surface area contributed by atoms with Gasteiger partial charge in [0.1, 0.15) is 0 Å². The van der Waals surface area contributed by atoms with Crippen LogP contribution < -0.4 is 10.6 Å². The van der Waals surface area contributed by atoms with Crippen LogP contribution >= 0.6 is 51.3 Å². The predicted molar refractivity (Wildman–Crippen MR) is 138 cm³/mol. The molecule has 0 aliphatic rings. The van der Waals surface area contributed by atoms with E-state index in [0.29, 0.717) is 39.9 Å². The number of hydrogen-bond acceptors (Lipinski definition) is 3. The van der Waals surface area contributed by atoms with Crippen molar-refractivity contribution in [2.45, 2.75) is 20.0 Å². The maximum absolute atomic E-state index is 6.25. The smallest absolute Gasteiger partial charge is 0.177 e. The Morgan fingerprint density at radius 3 is 2.53 bits per heavy atom. The van der Waals surface area contributed by atoms with E-state index in [0.717, 1.165) is 21.3 Å². The van der Waals surface area contributed by atoms with E-state index in [2.05, 4.69) is 36.8 Å². The zero-order valence-electron chi connectivity index (χ0n) is 17.0. The number of aromatic nitrogens is 4. The number of benzene rings is 2. The Bertz CT molecular complexity index is 1250. The molecule has 0 fully saturated rings. The van der Waals surface area contributed by atoms with Crippen molar-refractivity contribution in [2.75, 3.05) is 10.6 Å². The fourth-order valence-corrected chi connectivity index (χ4v) is 4.05. The summed E-state index contributed by atoms with van der Waals surface area (Å²) in [5.74, 6) is 1.26. The minimum Gasteiger partial charge on any atom is -0.316 e. The average Bonchev–Trinajstić information content (AvgIpc) is 3.26. The first kappa shape index (κ1) is 22.8. The van der Waals surface area contributed by atoms with E-state index in [1.54, 1.807) is 4.68 Å². The molecule has 4 rings (SSSR count). The average molecular weight is 550 g/mol. The Morgan fingerprint density at radius 2 is 1.78 bits per heavy atom. The zero-order chi connectivity index (χ0) is 22.7. The Kier molecular flexibility index (Phi) is 7.15. The van der Waals surface area contributed by atoms with Crippen molar-refractivity contribution < 1.29 is 0 Å². The molecular weight excluding hydrogens is 531 g/mol. The summed E-state index contributed by atoms with van der Waals surface area (Å²) in [6.45, 7) is 3.19. The van der Waals surface area contributed by atoms with Crippen LogP contribution in [-0.2, 0) is 13.1 Å². The van der Waals surface area contributed by atoms with Gasteiger partial charge < -0.3 is 10.6 Å². The second-order valence-electron chi connectivity index (χ2n) is 7.15. The molecule has 2 aromatic carbocycles. The summed E-state index contributed by atoms with van der Waals surface area (Å²) < 4.78 is 4.49. The summed E-state index contributed by atoms with van der Waals surface area (Å²) in [5, 5.41) is 17.2. The highest BCUT2D eigenvalue weighted by atomic mass is 79.9. The molecule has 2 aromatic heterocycles. The Hall–Kier alpha value is -2.39. The SMILES string of the molecule is Cc1cc(NC(=S)Nc2nn(Cc3ccccc3Cl)cc2Br)nn1Cc1ccc(Cl)cc1. The van der Waals surface area contributed by atoms with Gasteiger partial charge in [0.25, 0.3) is 0 Å². The summed E-state index contributed by atoms with van der Waals surface area (Å²) >= 11 is 21.2. The lowest BCUT2D eigenvalue weighted by Gasteiger charge is -2.07. The van der Waals surface area contributed by atoms with Crippen molar-refractivity contribution >= 4 is 68.1 Å². The highest BCUT2D eigenvalue weighted by Gasteiger charge is 2.12. The van der Waals surface area contributed by atoms with Gasteiger partial charge in [-0.25, -0.2) is 0 Å². The number of anilines is 2. The van der Waals surface area contributed by atoms with Crippen LogP contribution in [0, 0.1) is 6.92 Å². The molecule has 6 nitrogen and oxygen atoms in total. The van der Waals surface area contributed by atoms with Gasteiger partial charge in [-0.15, -0.1) is 0 Å². The number of nitrogens with one attached hydrogen (secondary N) is 2. The van der Waals surface area contributed by atoms with E-state index in [-0.39, 0.29) is 0 Å². The number of aryl methyl sites for hydroxylation is 1. The van der Waals surface area contributed by atoms with Crippen LogP contribution in [0.1, 0.15) is 16.8 Å². The van der Waals surface area contributed by atoms with Gasteiger partial charge in [0.05, 0.1) is 17.6 Å². The molecule has 0 amide bonds. The van der Waals surface area contributed by atoms with Gasteiger partial charge in [0.2, 0.25) is 0 Å². The highest BCUT2D eigenvalue weighted by molar-refractivity contribution is 9.10. The zero-order valence-corrected chi connectivity index (χ0v) is 20.9. The lowest BCUT2D eigenvalue weighted by atomic mass is 10.2. The van der Waals surface area contributed by atoms with Crippen molar-refractivity contribution in [3.8, 4) is 0 Å². The Morgan fingerprint density at radius 1 is 1.03 bits per heavy atom. The van der Waals surface area contributed by atoms with Crippen LogP contribution in [0.25, 0.3) is 0 Å². The van der Waals surface area contributed by atoms with E-state index < -0.39 is 0 Å². The first-order chi connectivity index (χ1) is 15.4. The molecule has 0 saturated heterocycles. The van der Waals surface area contributed by atoms with Crippen molar-refractivity contribution in [3.05, 3.63) is 92.1 Å². The van der Waals surface area contributed by atoms with Crippen molar-refractivity contribution in [2.24, 2.45) is 0 Å². The van der Waals surface area contributed by atoms with Crippen molar-refractivity contribution in [1.82, 2.24) is 19.6 Å². The van der Waals surface area contributed by atoms with Crippen molar-refractivity contribution in [1.29, 1.82) is 0 Å². The third-order valence-corrected chi connectivity index (χ3v) is 6.11. The molecule has 0 radical (unpaired) electrons. The van der Waals surface area contributed by atoms with Crippen LogP contribution in [-0.4, -0.2) is 24.7 Å². The number of hydrogen-bond donors (Lipinski definition) is 2. The highest BCUT2D eigenvalue weighted by Crippen LogP contribution is 2.23. The molecule has 2 heterocycles. The molecule has 10 heteroatoms. The molecule has 0 spiro atoms. The normalized spacial score (nSPS) is 10.9. The first-order valence-corrected chi connectivity index (χ1v) is 11.7. The van der Waals surface area contributed by atoms with Crippen LogP contribution in [0.4, 0.5) is 11.6 Å². The van der Waals surface area contributed by atoms with Crippen LogP contribution in [0.2, 0.25) is 10.0 Å². The summed E-state index contributed by atoms with van der Waals surface area (Å²) in [4.78, 5) is 0. The minimum absolute atomic E-state index is 0.393. The summed E-state index contributed by atoms with van der Waals surface area (Å²) in [7, 11) is 0. The molecular formula is C22H19BrCl2N6S. The lowest BCUT2D eigenvalue weighted by Crippen LogP contribution is -2.20. The predicted octanol–water partition coefficient (Wildman–Crippen LogP) is 6.36. The largest absolute Gasteiger partial charge is 0.316 e. The van der Waals surface area contributed by atoms with Gasteiger partial charge in [-0.1, -0.05) is 53.5 Å².